The summed E-state index contributed by atoms with van der Waals surface area (Å²) in [7, 11) is 0. The monoisotopic (exact) mass is 197 g/mol. The average Bonchev–Trinajstić information content (AvgIpc) is 2.81. The van der Waals surface area contributed by atoms with Gasteiger partial charge in [-0.15, -0.1) is 0 Å². The first-order valence-electron chi connectivity index (χ1n) is 4.65. The highest BCUT2D eigenvalue weighted by Gasteiger charge is 2.38. The Morgan fingerprint density at radius 2 is 1.93 bits per heavy atom. The van der Waals surface area contributed by atoms with Gasteiger partial charge in [0.2, 0.25) is 5.91 Å². The molecule has 2 N–H and O–H groups in total. The van der Waals surface area contributed by atoms with Gasteiger partial charge in [-0.25, -0.2) is 4.79 Å². The van der Waals surface area contributed by atoms with Crippen LogP contribution in [0.5, 0.6) is 0 Å². The van der Waals surface area contributed by atoms with E-state index < -0.39 is 5.97 Å². The van der Waals surface area contributed by atoms with Gasteiger partial charge in [-0.2, -0.15) is 0 Å². The van der Waals surface area contributed by atoms with E-state index in [2.05, 4.69) is 5.32 Å². The first-order valence-corrected chi connectivity index (χ1v) is 4.65. The summed E-state index contributed by atoms with van der Waals surface area (Å²) < 4.78 is 0. The molecule has 0 saturated heterocycles. The Kier molecular flexibility index (Phi) is 2.93. The molecule has 0 bridgehead atoms. The Labute approximate surface area is 83.0 Å². The van der Waals surface area contributed by atoms with Crippen molar-refractivity contribution >= 4 is 11.9 Å². The zero-order valence-electron chi connectivity index (χ0n) is 8.41. The van der Waals surface area contributed by atoms with E-state index in [4.69, 9.17) is 5.11 Å². The molecule has 0 aromatic carbocycles. The van der Waals surface area contributed by atoms with Crippen LogP contribution >= 0.6 is 0 Å². The Morgan fingerprint density at radius 3 is 2.36 bits per heavy atom. The van der Waals surface area contributed by atoms with E-state index in [9.17, 15) is 9.59 Å². The third-order valence-corrected chi connectivity index (χ3v) is 2.42. The van der Waals surface area contributed by atoms with Crippen LogP contribution in [-0.2, 0) is 9.59 Å². The molecule has 0 radical (unpaired) electrons. The second kappa shape index (κ2) is 3.82. The highest BCUT2D eigenvalue weighted by molar-refractivity contribution is 5.94. The molecule has 14 heavy (non-hydrogen) atoms. The SMILES string of the molecule is CC(C)(NC(=O)/C=C/C(=O)O)C1CC1. The Bertz CT molecular complexity index is 277. The molecule has 0 heterocycles. The second-order valence-electron chi connectivity index (χ2n) is 4.16. The van der Waals surface area contributed by atoms with Gasteiger partial charge in [-0.1, -0.05) is 0 Å². The molecule has 0 spiro atoms. The maximum atomic E-state index is 11.2. The van der Waals surface area contributed by atoms with E-state index in [1.54, 1.807) is 0 Å². The van der Waals surface area contributed by atoms with Crippen molar-refractivity contribution in [2.45, 2.75) is 32.2 Å². The van der Waals surface area contributed by atoms with Crippen LogP contribution in [0.1, 0.15) is 26.7 Å². The normalized spacial score (nSPS) is 17.0. The summed E-state index contributed by atoms with van der Waals surface area (Å²) in [5.41, 5.74) is -0.222. The minimum absolute atomic E-state index is 0.222. The van der Waals surface area contributed by atoms with Crippen LogP contribution in [0.25, 0.3) is 0 Å². The van der Waals surface area contributed by atoms with E-state index in [1.807, 2.05) is 13.8 Å². The van der Waals surface area contributed by atoms with E-state index in [0.717, 1.165) is 25.0 Å². The van der Waals surface area contributed by atoms with Crippen molar-refractivity contribution in [3.63, 3.8) is 0 Å². The van der Waals surface area contributed by atoms with Crippen LogP contribution in [0, 0.1) is 5.92 Å². The highest BCUT2D eigenvalue weighted by Crippen LogP contribution is 2.39. The molecule has 1 aliphatic carbocycles. The number of hydrogen-bond acceptors (Lipinski definition) is 2. The Morgan fingerprint density at radius 1 is 1.36 bits per heavy atom. The molecule has 4 nitrogen and oxygen atoms in total. The van der Waals surface area contributed by atoms with Gasteiger partial charge in [0.25, 0.3) is 0 Å². The van der Waals surface area contributed by atoms with Gasteiger partial charge in [0, 0.05) is 17.7 Å². The smallest absolute Gasteiger partial charge is 0.328 e. The summed E-state index contributed by atoms with van der Waals surface area (Å²) in [5.74, 6) is -0.918. The summed E-state index contributed by atoms with van der Waals surface area (Å²) in [4.78, 5) is 21.4. The van der Waals surface area contributed by atoms with Gasteiger partial charge >= 0.3 is 5.97 Å². The first kappa shape index (κ1) is 10.8. The minimum Gasteiger partial charge on any atom is -0.478 e. The molecule has 1 fully saturated rings. The van der Waals surface area contributed by atoms with E-state index in [1.165, 1.54) is 0 Å². The number of carboxylic acid groups (broad SMARTS) is 1. The van der Waals surface area contributed by atoms with Crippen molar-refractivity contribution in [2.75, 3.05) is 0 Å². The Balaban J connectivity index is 2.43. The second-order valence-corrected chi connectivity index (χ2v) is 4.16. The number of aliphatic carboxylic acids is 1. The predicted octanol–water partition coefficient (Wildman–Crippen LogP) is 0.932. The van der Waals surface area contributed by atoms with Crippen LogP contribution in [0.2, 0.25) is 0 Å². The van der Waals surface area contributed by atoms with Gasteiger partial charge in [0.1, 0.15) is 0 Å². The molecular weight excluding hydrogens is 182 g/mol. The third-order valence-electron chi connectivity index (χ3n) is 2.42. The lowest BCUT2D eigenvalue weighted by atomic mass is 9.99. The molecule has 0 aromatic rings. The van der Waals surface area contributed by atoms with Crippen LogP contribution in [-0.4, -0.2) is 22.5 Å². The van der Waals surface area contributed by atoms with Crippen LogP contribution in [0.4, 0.5) is 0 Å². The van der Waals surface area contributed by atoms with Crippen molar-refractivity contribution in [1.29, 1.82) is 0 Å². The molecule has 0 aliphatic heterocycles. The first-order chi connectivity index (χ1) is 6.42. The molecular formula is C10H15NO3. The lowest BCUT2D eigenvalue weighted by Crippen LogP contribution is -2.44. The lowest BCUT2D eigenvalue weighted by molar-refractivity contribution is -0.131. The topological polar surface area (TPSA) is 66.4 Å². The lowest BCUT2D eigenvalue weighted by Gasteiger charge is -2.25. The van der Waals surface area contributed by atoms with Gasteiger partial charge < -0.3 is 10.4 Å². The largest absolute Gasteiger partial charge is 0.478 e. The quantitative estimate of drug-likeness (QED) is 0.659. The number of carbonyl (C=O) groups is 2. The Hall–Kier alpha value is -1.32. The molecule has 1 saturated carbocycles. The molecule has 4 heteroatoms. The van der Waals surface area contributed by atoms with Gasteiger partial charge in [0.15, 0.2) is 0 Å². The van der Waals surface area contributed by atoms with Crippen LogP contribution < -0.4 is 5.32 Å². The summed E-state index contributed by atoms with van der Waals surface area (Å²) in [5, 5.41) is 11.1. The van der Waals surface area contributed by atoms with Crippen molar-refractivity contribution in [2.24, 2.45) is 5.92 Å². The molecule has 1 amide bonds. The highest BCUT2D eigenvalue weighted by atomic mass is 16.4. The standard InChI is InChI=1S/C10H15NO3/c1-10(2,7-3-4-7)11-8(12)5-6-9(13)14/h5-7H,3-4H2,1-2H3,(H,11,12)(H,13,14)/b6-5+. The van der Waals surface area contributed by atoms with Crippen molar-refractivity contribution < 1.29 is 14.7 Å². The van der Waals surface area contributed by atoms with Crippen LogP contribution in [0.3, 0.4) is 0 Å². The summed E-state index contributed by atoms with van der Waals surface area (Å²) in [6, 6.07) is 0. The fourth-order valence-corrected chi connectivity index (χ4v) is 1.41. The number of hydrogen-bond donors (Lipinski definition) is 2. The van der Waals surface area contributed by atoms with E-state index in [0.29, 0.717) is 5.92 Å². The van der Waals surface area contributed by atoms with Crippen LogP contribution in [0.15, 0.2) is 12.2 Å². The summed E-state index contributed by atoms with van der Waals surface area (Å²) >= 11 is 0. The fourth-order valence-electron chi connectivity index (χ4n) is 1.41. The third kappa shape index (κ3) is 3.20. The molecule has 0 unspecified atom stereocenters. The summed E-state index contributed by atoms with van der Waals surface area (Å²) in [6.45, 7) is 3.91. The fraction of sp³-hybridized carbons (Fsp3) is 0.600. The van der Waals surface area contributed by atoms with Crippen molar-refractivity contribution in [3.8, 4) is 0 Å². The number of carbonyl (C=O) groups excluding carboxylic acids is 1. The zero-order valence-corrected chi connectivity index (χ0v) is 8.41. The zero-order chi connectivity index (χ0) is 10.8. The van der Waals surface area contributed by atoms with Crippen molar-refractivity contribution in [3.05, 3.63) is 12.2 Å². The molecule has 1 aliphatic rings. The van der Waals surface area contributed by atoms with Gasteiger partial charge in [0.05, 0.1) is 0 Å². The molecule has 78 valence electrons. The minimum atomic E-state index is -1.11. The average molecular weight is 197 g/mol. The number of amides is 1. The predicted molar refractivity (Wildman–Crippen MR) is 51.7 cm³/mol. The maximum absolute atomic E-state index is 11.2. The number of carboxylic acids is 1. The van der Waals surface area contributed by atoms with E-state index >= 15 is 0 Å². The molecule has 1 rings (SSSR count). The number of rotatable bonds is 4. The maximum Gasteiger partial charge on any atom is 0.328 e. The summed E-state index contributed by atoms with van der Waals surface area (Å²) in [6.07, 6.45) is 4.16. The molecule has 0 atom stereocenters. The van der Waals surface area contributed by atoms with E-state index in [-0.39, 0.29) is 11.4 Å². The number of nitrogens with one attached hydrogen (secondary N) is 1. The van der Waals surface area contributed by atoms with Crippen molar-refractivity contribution in [1.82, 2.24) is 5.32 Å². The van der Waals surface area contributed by atoms with Gasteiger partial charge in [-0.3, -0.25) is 4.79 Å². The van der Waals surface area contributed by atoms with Gasteiger partial charge in [-0.05, 0) is 32.6 Å². The molecule has 0 aromatic heterocycles.